The van der Waals surface area contributed by atoms with E-state index in [9.17, 15) is 8.42 Å². The second-order valence-electron chi connectivity index (χ2n) is 5.77. The number of halogens is 1. The van der Waals surface area contributed by atoms with E-state index in [0.29, 0.717) is 11.5 Å². The van der Waals surface area contributed by atoms with E-state index in [1.807, 2.05) is 30.3 Å². The molecule has 24 heavy (non-hydrogen) atoms. The van der Waals surface area contributed by atoms with Crippen molar-refractivity contribution in [2.45, 2.75) is 17.0 Å². The SMILES string of the molecule is N[C@H]1CN(S(=O)(=O)c2c(Cl)nc3sccn23)C[C@@H]1c1ccccc1. The Kier molecular flexibility index (Phi) is 3.89. The molecule has 0 unspecified atom stereocenters. The number of aromatic nitrogens is 2. The van der Waals surface area contributed by atoms with Crippen molar-refractivity contribution in [3.63, 3.8) is 0 Å². The van der Waals surface area contributed by atoms with Gasteiger partial charge in [-0.25, -0.2) is 13.4 Å². The molecule has 9 heteroatoms. The lowest BCUT2D eigenvalue weighted by Crippen LogP contribution is -2.33. The summed E-state index contributed by atoms with van der Waals surface area (Å²) in [6, 6.07) is 9.49. The number of imidazole rings is 1. The standard InChI is InChI=1S/C15H15ClN4O2S2/c16-13-14(20-6-7-23-15(20)18-13)24(21,22)19-8-11(12(17)9-19)10-4-2-1-3-5-10/h1-7,11-12H,8-9,17H2/t11-,12+/m1/s1. The minimum absolute atomic E-state index is 0.00131. The van der Waals surface area contributed by atoms with Crippen LogP contribution in [0.3, 0.4) is 0 Å². The fraction of sp³-hybridized carbons (Fsp3) is 0.267. The average molecular weight is 383 g/mol. The molecule has 1 aliphatic rings. The van der Waals surface area contributed by atoms with Crippen LogP contribution in [0.25, 0.3) is 4.96 Å². The Balaban J connectivity index is 1.71. The molecule has 1 aromatic carbocycles. The minimum atomic E-state index is -3.77. The van der Waals surface area contributed by atoms with Crippen LogP contribution in [0.4, 0.5) is 0 Å². The van der Waals surface area contributed by atoms with Crippen LogP contribution in [-0.2, 0) is 10.0 Å². The topological polar surface area (TPSA) is 80.7 Å². The molecular formula is C15H15ClN4O2S2. The Morgan fingerprint density at radius 2 is 2.00 bits per heavy atom. The van der Waals surface area contributed by atoms with E-state index in [2.05, 4.69) is 4.98 Å². The summed E-state index contributed by atoms with van der Waals surface area (Å²) in [7, 11) is -3.77. The quantitative estimate of drug-likeness (QED) is 0.752. The Bertz CT molecular complexity index is 984. The summed E-state index contributed by atoms with van der Waals surface area (Å²) < 4.78 is 29.1. The number of fused-ring (bicyclic) bond motifs is 1. The predicted octanol–water partition coefficient (Wildman–Crippen LogP) is 2.16. The molecule has 3 aromatic rings. The maximum atomic E-state index is 13.1. The average Bonchev–Trinajstić information content (AvgIpc) is 3.22. The van der Waals surface area contributed by atoms with E-state index in [1.165, 1.54) is 20.0 Å². The van der Waals surface area contributed by atoms with E-state index in [0.717, 1.165) is 5.56 Å². The lowest BCUT2D eigenvalue weighted by Gasteiger charge is -2.16. The van der Waals surface area contributed by atoms with Crippen molar-refractivity contribution in [3.8, 4) is 0 Å². The van der Waals surface area contributed by atoms with Crippen molar-refractivity contribution in [3.05, 3.63) is 52.6 Å². The summed E-state index contributed by atoms with van der Waals surface area (Å²) in [5.41, 5.74) is 7.27. The summed E-state index contributed by atoms with van der Waals surface area (Å²) in [4.78, 5) is 4.67. The van der Waals surface area contributed by atoms with Crippen LogP contribution in [-0.4, -0.2) is 41.2 Å². The molecule has 2 atom stereocenters. The number of hydrogen-bond acceptors (Lipinski definition) is 5. The number of thiazole rings is 1. The molecule has 2 aromatic heterocycles. The van der Waals surface area contributed by atoms with Gasteiger partial charge in [-0.2, -0.15) is 4.31 Å². The molecule has 0 spiro atoms. The summed E-state index contributed by atoms with van der Waals surface area (Å²) in [6.45, 7) is 0.594. The monoisotopic (exact) mass is 382 g/mol. The lowest BCUT2D eigenvalue weighted by atomic mass is 9.95. The summed E-state index contributed by atoms with van der Waals surface area (Å²) in [5, 5.41) is 1.79. The zero-order valence-corrected chi connectivity index (χ0v) is 14.9. The highest BCUT2D eigenvalue weighted by molar-refractivity contribution is 7.89. The first-order chi connectivity index (χ1) is 11.5. The van der Waals surface area contributed by atoms with E-state index in [4.69, 9.17) is 17.3 Å². The van der Waals surface area contributed by atoms with Crippen LogP contribution in [0, 0.1) is 0 Å². The third-order valence-electron chi connectivity index (χ3n) is 4.32. The van der Waals surface area contributed by atoms with Crippen molar-refractivity contribution >= 4 is 37.9 Å². The van der Waals surface area contributed by atoms with Gasteiger partial charge in [-0.15, -0.1) is 11.3 Å². The highest BCUT2D eigenvalue weighted by Crippen LogP contribution is 2.33. The molecule has 3 heterocycles. The van der Waals surface area contributed by atoms with Crippen molar-refractivity contribution in [1.29, 1.82) is 0 Å². The van der Waals surface area contributed by atoms with Gasteiger partial charge in [0, 0.05) is 36.6 Å². The van der Waals surface area contributed by atoms with Gasteiger partial charge in [0.25, 0.3) is 10.0 Å². The van der Waals surface area contributed by atoms with Gasteiger partial charge in [0.05, 0.1) is 0 Å². The Morgan fingerprint density at radius 3 is 2.75 bits per heavy atom. The van der Waals surface area contributed by atoms with Crippen molar-refractivity contribution in [1.82, 2.24) is 13.7 Å². The van der Waals surface area contributed by atoms with E-state index >= 15 is 0 Å². The number of sulfonamides is 1. The first-order valence-corrected chi connectivity index (χ1v) is 10.1. The van der Waals surface area contributed by atoms with Crippen molar-refractivity contribution < 1.29 is 8.42 Å². The fourth-order valence-electron chi connectivity index (χ4n) is 3.13. The van der Waals surface area contributed by atoms with Gasteiger partial charge in [0.1, 0.15) is 0 Å². The normalized spacial score (nSPS) is 22.4. The third-order valence-corrected chi connectivity index (χ3v) is 7.31. The predicted molar refractivity (Wildman–Crippen MR) is 94.0 cm³/mol. The van der Waals surface area contributed by atoms with Crippen LogP contribution >= 0.6 is 22.9 Å². The number of nitrogens with zero attached hydrogens (tertiary/aromatic N) is 3. The molecule has 1 fully saturated rings. The zero-order valence-electron chi connectivity index (χ0n) is 12.5. The minimum Gasteiger partial charge on any atom is -0.326 e. The van der Waals surface area contributed by atoms with Gasteiger partial charge in [-0.05, 0) is 5.56 Å². The number of hydrogen-bond donors (Lipinski definition) is 1. The smallest absolute Gasteiger partial charge is 0.262 e. The number of rotatable bonds is 3. The van der Waals surface area contributed by atoms with Crippen molar-refractivity contribution in [2.24, 2.45) is 5.73 Å². The Hall–Kier alpha value is -1.45. The molecule has 1 aliphatic heterocycles. The molecule has 0 radical (unpaired) electrons. The van der Waals surface area contributed by atoms with Gasteiger partial charge < -0.3 is 5.73 Å². The molecule has 0 bridgehead atoms. The van der Waals surface area contributed by atoms with Crippen LogP contribution in [0.2, 0.25) is 5.15 Å². The maximum Gasteiger partial charge on any atom is 0.262 e. The lowest BCUT2D eigenvalue weighted by molar-refractivity contribution is 0.466. The first kappa shape index (κ1) is 16.0. The molecule has 0 aliphatic carbocycles. The Labute approximate surface area is 148 Å². The largest absolute Gasteiger partial charge is 0.326 e. The van der Waals surface area contributed by atoms with Crippen LogP contribution in [0.15, 0.2) is 46.9 Å². The highest BCUT2D eigenvalue weighted by atomic mass is 35.5. The molecule has 0 saturated carbocycles. The van der Waals surface area contributed by atoms with Crippen molar-refractivity contribution in [2.75, 3.05) is 13.1 Å². The molecule has 4 rings (SSSR count). The maximum absolute atomic E-state index is 13.1. The zero-order chi connectivity index (χ0) is 16.9. The van der Waals surface area contributed by atoms with Gasteiger partial charge in [0.15, 0.2) is 15.1 Å². The van der Waals surface area contributed by atoms with E-state index in [-0.39, 0.29) is 28.7 Å². The molecule has 1 saturated heterocycles. The second-order valence-corrected chi connectivity index (χ2v) is 8.85. The first-order valence-electron chi connectivity index (χ1n) is 7.40. The molecule has 0 amide bonds. The summed E-state index contributed by atoms with van der Waals surface area (Å²) >= 11 is 7.44. The molecule has 126 valence electrons. The molecule has 2 N–H and O–H groups in total. The van der Waals surface area contributed by atoms with E-state index in [1.54, 1.807) is 11.6 Å². The van der Waals surface area contributed by atoms with Gasteiger partial charge in [0.2, 0.25) is 0 Å². The second kappa shape index (κ2) is 5.82. The highest BCUT2D eigenvalue weighted by Gasteiger charge is 2.40. The van der Waals surface area contributed by atoms with Gasteiger partial charge in [-0.1, -0.05) is 41.9 Å². The third kappa shape index (κ3) is 2.46. The van der Waals surface area contributed by atoms with Crippen LogP contribution in [0.1, 0.15) is 11.5 Å². The van der Waals surface area contributed by atoms with E-state index < -0.39 is 10.0 Å². The van der Waals surface area contributed by atoms with Crippen LogP contribution in [0.5, 0.6) is 0 Å². The summed E-state index contributed by atoms with van der Waals surface area (Å²) in [6.07, 6.45) is 1.66. The fourth-order valence-corrected chi connectivity index (χ4v) is 6.04. The van der Waals surface area contributed by atoms with Gasteiger partial charge >= 0.3 is 0 Å². The summed E-state index contributed by atoms with van der Waals surface area (Å²) in [5.74, 6) is -0.0364. The molecular weight excluding hydrogens is 368 g/mol. The number of nitrogens with two attached hydrogens (primary N) is 1. The Morgan fingerprint density at radius 1 is 1.25 bits per heavy atom. The number of benzene rings is 1. The van der Waals surface area contributed by atoms with Crippen LogP contribution < -0.4 is 5.73 Å². The molecule has 6 nitrogen and oxygen atoms in total. The van der Waals surface area contributed by atoms with Gasteiger partial charge in [-0.3, -0.25) is 4.40 Å².